The van der Waals surface area contributed by atoms with E-state index in [9.17, 15) is 19.6 Å². The zero-order chi connectivity index (χ0) is 21.9. The van der Waals surface area contributed by atoms with Crippen LogP contribution in [0.25, 0.3) is 0 Å². The van der Waals surface area contributed by atoms with E-state index < -0.39 is 17.8 Å². The van der Waals surface area contributed by atoms with Crippen LogP contribution in [0.3, 0.4) is 0 Å². The van der Waals surface area contributed by atoms with Gasteiger partial charge in [0.1, 0.15) is 0 Å². The summed E-state index contributed by atoms with van der Waals surface area (Å²) in [6.07, 6.45) is 4.41. The molecule has 0 aliphatic rings. The zero-order valence-electron chi connectivity index (χ0n) is 16.9. The van der Waals surface area contributed by atoms with E-state index in [0.717, 1.165) is 25.5 Å². The number of nitrogens with one attached hydrogen (secondary N) is 2. The molecule has 30 heavy (non-hydrogen) atoms. The van der Waals surface area contributed by atoms with Crippen LogP contribution in [0, 0.1) is 17.2 Å². The van der Waals surface area contributed by atoms with Crippen LogP contribution in [-0.2, 0) is 19.1 Å². The maximum atomic E-state index is 12.9. The van der Waals surface area contributed by atoms with E-state index in [2.05, 4.69) is 26.4 Å². The van der Waals surface area contributed by atoms with Gasteiger partial charge in [0, 0.05) is 23.2 Å². The Morgan fingerprint density at radius 3 is 2.47 bits per heavy atom. The lowest BCUT2D eigenvalue weighted by atomic mass is 9.88. The second kappa shape index (κ2) is 11.7. The fourth-order valence-electron chi connectivity index (χ4n) is 2.99. The highest BCUT2D eigenvalue weighted by atomic mass is 32.1. The van der Waals surface area contributed by atoms with E-state index in [4.69, 9.17) is 0 Å². The monoisotopic (exact) mass is 428 g/mol. The van der Waals surface area contributed by atoms with Crippen LogP contribution >= 0.6 is 11.3 Å². The molecule has 8 nitrogen and oxygen atoms in total. The first-order valence-corrected chi connectivity index (χ1v) is 10.5. The third-order valence-corrected chi connectivity index (χ3v) is 5.23. The minimum Gasteiger partial charge on any atom is -0.462 e. The molecule has 2 unspecified atom stereocenters. The summed E-state index contributed by atoms with van der Waals surface area (Å²) in [5, 5.41) is 16.9. The van der Waals surface area contributed by atoms with Gasteiger partial charge in [0.2, 0.25) is 5.91 Å². The summed E-state index contributed by atoms with van der Waals surface area (Å²) in [7, 11) is 1.13. The van der Waals surface area contributed by atoms with Crippen molar-refractivity contribution in [1.82, 2.24) is 4.98 Å². The number of amides is 2. The first kappa shape index (κ1) is 23.0. The fourth-order valence-corrected chi connectivity index (χ4v) is 3.52. The van der Waals surface area contributed by atoms with Crippen molar-refractivity contribution in [3.05, 3.63) is 41.4 Å². The Hall–Kier alpha value is -3.25. The van der Waals surface area contributed by atoms with E-state index >= 15 is 0 Å². The predicted molar refractivity (Wildman–Crippen MR) is 114 cm³/mol. The average Bonchev–Trinajstić information content (AvgIpc) is 3.26. The maximum absolute atomic E-state index is 12.9. The molecule has 0 spiro atoms. The number of nitrogens with zero attached hydrogens (tertiary/aromatic N) is 2. The van der Waals surface area contributed by atoms with E-state index in [1.807, 2.05) is 6.92 Å². The molecule has 158 valence electrons. The molecule has 0 aliphatic heterocycles. The van der Waals surface area contributed by atoms with Crippen LogP contribution in [0.1, 0.15) is 44.1 Å². The highest BCUT2D eigenvalue weighted by molar-refractivity contribution is 7.13. The molecule has 0 bridgehead atoms. The van der Waals surface area contributed by atoms with Gasteiger partial charge in [-0.2, -0.15) is 5.26 Å². The lowest BCUT2D eigenvalue weighted by Crippen LogP contribution is -2.24. The molecule has 1 aromatic carbocycles. The van der Waals surface area contributed by atoms with Gasteiger partial charge < -0.3 is 15.4 Å². The SMILES string of the molecule is CCCC(C#N)CCC(C(=O)Nc1nccs1)c1ccc(NC(=O)C(=O)OC)cc1. The molecule has 2 aromatic rings. The van der Waals surface area contributed by atoms with Crippen molar-refractivity contribution in [2.75, 3.05) is 17.7 Å². The largest absolute Gasteiger partial charge is 0.462 e. The van der Waals surface area contributed by atoms with Crippen LogP contribution in [-0.4, -0.2) is 29.9 Å². The van der Waals surface area contributed by atoms with Gasteiger partial charge in [0.15, 0.2) is 5.13 Å². The van der Waals surface area contributed by atoms with Crippen LogP contribution in [0.5, 0.6) is 0 Å². The number of thiazole rings is 1. The second-order valence-corrected chi connectivity index (χ2v) is 7.53. The van der Waals surface area contributed by atoms with Gasteiger partial charge in [-0.05, 0) is 37.0 Å². The summed E-state index contributed by atoms with van der Waals surface area (Å²) in [6, 6.07) is 8.99. The van der Waals surface area contributed by atoms with Crippen molar-refractivity contribution >= 4 is 39.9 Å². The van der Waals surface area contributed by atoms with Gasteiger partial charge >= 0.3 is 11.9 Å². The first-order chi connectivity index (χ1) is 14.5. The number of carbonyl (C=O) groups excluding carboxylic acids is 3. The standard InChI is InChI=1S/C21H24N4O4S/c1-3-4-14(13-22)5-10-17(18(26)25-21-23-11-12-30-21)15-6-8-16(9-7-15)24-19(27)20(28)29-2/h6-9,11-12,14,17H,3-5,10H2,1-2H3,(H,24,27)(H,23,25,26). The average molecular weight is 429 g/mol. The van der Waals surface area contributed by atoms with Crippen molar-refractivity contribution < 1.29 is 19.1 Å². The molecule has 2 rings (SSSR count). The molecule has 9 heteroatoms. The second-order valence-electron chi connectivity index (χ2n) is 6.64. The third kappa shape index (κ3) is 6.67. The van der Waals surface area contributed by atoms with Gasteiger partial charge in [-0.25, -0.2) is 9.78 Å². The molecule has 0 fully saturated rings. The van der Waals surface area contributed by atoms with Gasteiger partial charge in [0.25, 0.3) is 0 Å². The van der Waals surface area contributed by atoms with Gasteiger partial charge in [-0.3, -0.25) is 9.59 Å². The number of nitriles is 1. The van der Waals surface area contributed by atoms with E-state index in [1.54, 1.807) is 35.8 Å². The Labute approximate surface area is 179 Å². The minimum atomic E-state index is -0.988. The van der Waals surface area contributed by atoms with E-state index in [0.29, 0.717) is 23.7 Å². The normalized spacial score (nSPS) is 12.3. The number of anilines is 2. The Morgan fingerprint density at radius 1 is 1.17 bits per heavy atom. The summed E-state index contributed by atoms with van der Waals surface area (Å²) in [6.45, 7) is 2.03. The number of benzene rings is 1. The zero-order valence-corrected chi connectivity index (χ0v) is 17.7. The predicted octanol–water partition coefficient (Wildman–Crippen LogP) is 3.70. The molecule has 1 heterocycles. The minimum absolute atomic E-state index is 0.108. The summed E-state index contributed by atoms with van der Waals surface area (Å²) < 4.78 is 4.38. The van der Waals surface area contributed by atoms with Crippen molar-refractivity contribution in [3.8, 4) is 6.07 Å². The van der Waals surface area contributed by atoms with Crippen molar-refractivity contribution in [1.29, 1.82) is 5.26 Å². The third-order valence-electron chi connectivity index (χ3n) is 4.54. The number of methoxy groups -OCH3 is 1. The number of esters is 1. The Kier molecular flexibility index (Phi) is 8.97. The van der Waals surface area contributed by atoms with Crippen molar-refractivity contribution in [2.24, 2.45) is 5.92 Å². The summed E-state index contributed by atoms with van der Waals surface area (Å²) in [4.78, 5) is 39.9. The summed E-state index contributed by atoms with van der Waals surface area (Å²) >= 11 is 1.33. The van der Waals surface area contributed by atoms with Crippen LogP contribution in [0.4, 0.5) is 10.8 Å². The highest BCUT2D eigenvalue weighted by Gasteiger charge is 2.23. The quantitative estimate of drug-likeness (QED) is 0.464. The smallest absolute Gasteiger partial charge is 0.396 e. The molecular weight excluding hydrogens is 404 g/mol. The van der Waals surface area contributed by atoms with Crippen LogP contribution in [0.2, 0.25) is 0 Å². The van der Waals surface area contributed by atoms with Crippen molar-refractivity contribution in [2.45, 2.75) is 38.5 Å². The lowest BCUT2D eigenvalue weighted by molar-refractivity contribution is -0.150. The molecule has 0 aliphatic carbocycles. The van der Waals surface area contributed by atoms with Gasteiger partial charge in [0.05, 0.1) is 19.1 Å². The molecule has 1 aromatic heterocycles. The molecular formula is C21H24N4O4S. The van der Waals surface area contributed by atoms with Gasteiger partial charge in [-0.15, -0.1) is 11.3 Å². The molecule has 0 saturated heterocycles. The number of hydrogen-bond acceptors (Lipinski definition) is 7. The number of rotatable bonds is 9. The Balaban J connectivity index is 2.15. The summed E-state index contributed by atoms with van der Waals surface area (Å²) in [5.74, 6) is -2.65. The maximum Gasteiger partial charge on any atom is 0.396 e. The van der Waals surface area contributed by atoms with Crippen LogP contribution in [0.15, 0.2) is 35.8 Å². The van der Waals surface area contributed by atoms with Gasteiger partial charge in [-0.1, -0.05) is 25.5 Å². The van der Waals surface area contributed by atoms with Crippen molar-refractivity contribution in [3.63, 3.8) is 0 Å². The topological polar surface area (TPSA) is 121 Å². The molecule has 2 amide bonds. The Morgan fingerprint density at radius 2 is 1.90 bits per heavy atom. The summed E-state index contributed by atoms with van der Waals surface area (Å²) in [5.41, 5.74) is 1.16. The molecule has 0 saturated carbocycles. The van der Waals surface area contributed by atoms with E-state index in [1.165, 1.54) is 11.3 Å². The molecule has 2 N–H and O–H groups in total. The number of hydrogen-bond donors (Lipinski definition) is 2. The fraction of sp³-hybridized carbons (Fsp3) is 0.381. The number of aromatic nitrogens is 1. The molecule has 0 radical (unpaired) electrons. The Bertz CT molecular complexity index is 891. The molecule has 2 atom stereocenters. The van der Waals surface area contributed by atoms with E-state index in [-0.39, 0.29) is 11.8 Å². The lowest BCUT2D eigenvalue weighted by Gasteiger charge is -2.18. The highest BCUT2D eigenvalue weighted by Crippen LogP contribution is 2.28. The van der Waals surface area contributed by atoms with Crippen LogP contribution < -0.4 is 10.6 Å². The number of carbonyl (C=O) groups is 3. The number of ether oxygens (including phenoxy) is 1. The first-order valence-electron chi connectivity index (χ1n) is 9.57.